The zero-order valence-corrected chi connectivity index (χ0v) is 10.3. The van der Waals surface area contributed by atoms with Crippen molar-refractivity contribution in [1.82, 2.24) is 0 Å². The molecule has 3 atom stereocenters. The summed E-state index contributed by atoms with van der Waals surface area (Å²) in [7, 11) is 0. The smallest absolute Gasteiger partial charge is 0.0160 e. The summed E-state index contributed by atoms with van der Waals surface area (Å²) in [5.41, 5.74) is 30.6. The van der Waals surface area contributed by atoms with Crippen LogP contribution in [-0.2, 0) is 0 Å². The molecule has 0 fully saturated rings. The molecule has 0 aromatic rings. The van der Waals surface area contributed by atoms with Gasteiger partial charge in [-0.1, -0.05) is 0 Å². The second-order valence-corrected chi connectivity index (χ2v) is 3.51. The van der Waals surface area contributed by atoms with E-state index in [0.717, 1.165) is 0 Å². The van der Waals surface area contributed by atoms with Crippen molar-refractivity contribution in [3.63, 3.8) is 0 Å². The van der Waals surface area contributed by atoms with E-state index in [0.29, 0.717) is 19.6 Å². The molecule has 0 aromatic heterocycles. The molecule has 0 aliphatic heterocycles. The number of rotatable bonds is 3. The summed E-state index contributed by atoms with van der Waals surface area (Å²) in [6.45, 7) is 7.44. The first-order chi connectivity index (χ1) is 6.83. The predicted molar refractivity (Wildman–Crippen MR) is 68.1 cm³/mol. The van der Waals surface area contributed by atoms with Crippen molar-refractivity contribution in [2.24, 2.45) is 34.4 Å². The molecule has 0 radical (unpaired) electrons. The maximum absolute atomic E-state index is 5.31. The van der Waals surface area contributed by atoms with Gasteiger partial charge in [-0.2, -0.15) is 0 Å². The molecule has 0 amide bonds. The van der Waals surface area contributed by atoms with E-state index in [-0.39, 0.29) is 18.1 Å². The zero-order chi connectivity index (χ0) is 12.9. The van der Waals surface area contributed by atoms with Crippen LogP contribution >= 0.6 is 0 Å². The van der Waals surface area contributed by atoms with Crippen LogP contribution in [0.4, 0.5) is 0 Å². The zero-order valence-electron chi connectivity index (χ0n) is 10.3. The fourth-order valence-electron chi connectivity index (χ4n) is 0. The first-order valence-electron chi connectivity index (χ1n) is 5.20. The monoisotopic (exact) mass is 222 g/mol. The van der Waals surface area contributed by atoms with Crippen molar-refractivity contribution >= 4 is 0 Å². The third kappa shape index (κ3) is 41.6. The van der Waals surface area contributed by atoms with E-state index in [1.165, 1.54) is 0 Å². The van der Waals surface area contributed by atoms with Gasteiger partial charge in [-0.25, -0.2) is 0 Å². The van der Waals surface area contributed by atoms with Gasteiger partial charge in [0, 0.05) is 37.8 Å². The maximum atomic E-state index is 5.31. The molecule has 12 N–H and O–H groups in total. The van der Waals surface area contributed by atoms with Gasteiger partial charge in [-0.15, -0.1) is 0 Å². The lowest BCUT2D eigenvalue weighted by atomic mass is 10.2. The first kappa shape index (κ1) is 20.2. The minimum absolute atomic E-state index is 0.130. The molecule has 0 aliphatic carbocycles. The second kappa shape index (κ2) is 16.2. The quantitative estimate of drug-likeness (QED) is 0.320. The van der Waals surface area contributed by atoms with Gasteiger partial charge in [0.2, 0.25) is 0 Å². The van der Waals surface area contributed by atoms with Gasteiger partial charge in [-0.05, 0) is 20.8 Å². The summed E-state index contributed by atoms with van der Waals surface area (Å²) < 4.78 is 0. The summed E-state index contributed by atoms with van der Waals surface area (Å²) in [5, 5.41) is 0. The van der Waals surface area contributed by atoms with Crippen LogP contribution in [0.2, 0.25) is 0 Å². The van der Waals surface area contributed by atoms with Gasteiger partial charge in [0.15, 0.2) is 0 Å². The van der Waals surface area contributed by atoms with E-state index < -0.39 is 0 Å². The predicted octanol–water partition coefficient (Wildman–Crippen LogP) is -2.12. The van der Waals surface area contributed by atoms with Crippen molar-refractivity contribution in [3.8, 4) is 0 Å². The third-order valence-electron chi connectivity index (χ3n) is 1.37. The van der Waals surface area contributed by atoms with Gasteiger partial charge < -0.3 is 34.4 Å². The van der Waals surface area contributed by atoms with Crippen molar-refractivity contribution in [3.05, 3.63) is 0 Å². The number of hydrogen-bond acceptors (Lipinski definition) is 6. The molecule has 96 valence electrons. The van der Waals surface area contributed by atoms with E-state index in [1.54, 1.807) is 0 Å². The SMILES string of the molecule is CC(N)C(C)N.CC(N)CN.NCCN. The van der Waals surface area contributed by atoms with Crippen molar-refractivity contribution in [2.75, 3.05) is 19.6 Å². The summed E-state index contributed by atoms with van der Waals surface area (Å²) >= 11 is 0. The van der Waals surface area contributed by atoms with Gasteiger partial charge in [0.05, 0.1) is 0 Å². The van der Waals surface area contributed by atoms with Crippen LogP contribution < -0.4 is 34.4 Å². The Kier molecular flexibility index (Phi) is 21.8. The van der Waals surface area contributed by atoms with E-state index >= 15 is 0 Å². The molecule has 0 bridgehead atoms. The van der Waals surface area contributed by atoms with E-state index in [1.807, 2.05) is 20.8 Å². The van der Waals surface area contributed by atoms with Crippen LogP contribution in [0.3, 0.4) is 0 Å². The summed E-state index contributed by atoms with van der Waals surface area (Å²) in [6.07, 6.45) is 0. The molecule has 0 aromatic carbocycles. The molecule has 0 saturated carbocycles. The van der Waals surface area contributed by atoms with E-state index in [2.05, 4.69) is 0 Å². The maximum Gasteiger partial charge on any atom is 0.0160 e. The Hall–Kier alpha value is -0.240. The Labute approximate surface area is 93.7 Å². The molecule has 0 spiro atoms. The van der Waals surface area contributed by atoms with Crippen LogP contribution in [0, 0.1) is 0 Å². The summed E-state index contributed by atoms with van der Waals surface area (Å²) in [4.78, 5) is 0. The highest BCUT2D eigenvalue weighted by Crippen LogP contribution is 1.77. The molecule has 6 heteroatoms. The Morgan fingerprint density at radius 3 is 0.933 bits per heavy atom. The average Bonchev–Trinajstić information content (AvgIpc) is 2.19. The molecular weight excluding hydrogens is 192 g/mol. The van der Waals surface area contributed by atoms with Crippen LogP contribution in [-0.4, -0.2) is 37.8 Å². The molecule has 15 heavy (non-hydrogen) atoms. The molecule has 3 unspecified atom stereocenters. The summed E-state index contributed by atoms with van der Waals surface area (Å²) in [6, 6.07) is 0.421. The minimum Gasteiger partial charge on any atom is -0.329 e. The lowest BCUT2D eigenvalue weighted by molar-refractivity contribution is 0.603. The topological polar surface area (TPSA) is 156 Å². The third-order valence-corrected chi connectivity index (χ3v) is 1.37. The Balaban J connectivity index is -0.000000147. The van der Waals surface area contributed by atoms with Crippen molar-refractivity contribution in [2.45, 2.75) is 38.9 Å². The normalized spacial score (nSPS) is 15.0. The highest BCUT2D eigenvalue weighted by molar-refractivity contribution is 4.63. The molecule has 0 saturated heterocycles. The van der Waals surface area contributed by atoms with Crippen LogP contribution in [0.1, 0.15) is 20.8 Å². The van der Waals surface area contributed by atoms with Gasteiger partial charge in [-0.3, -0.25) is 0 Å². The highest BCUT2D eigenvalue weighted by atomic mass is 14.7. The van der Waals surface area contributed by atoms with E-state index in [4.69, 9.17) is 34.4 Å². The number of nitrogens with two attached hydrogens (primary N) is 6. The number of hydrogen-bond donors (Lipinski definition) is 6. The largest absolute Gasteiger partial charge is 0.329 e. The molecular formula is C9H30N6. The lowest BCUT2D eigenvalue weighted by Gasteiger charge is -2.06. The second-order valence-electron chi connectivity index (χ2n) is 3.51. The van der Waals surface area contributed by atoms with Crippen molar-refractivity contribution < 1.29 is 0 Å². The molecule has 0 aliphatic rings. The van der Waals surface area contributed by atoms with Crippen LogP contribution in [0.25, 0.3) is 0 Å². The van der Waals surface area contributed by atoms with E-state index in [9.17, 15) is 0 Å². The van der Waals surface area contributed by atoms with Crippen molar-refractivity contribution in [1.29, 1.82) is 0 Å². The van der Waals surface area contributed by atoms with Crippen LogP contribution in [0.15, 0.2) is 0 Å². The Morgan fingerprint density at radius 1 is 0.733 bits per heavy atom. The molecule has 0 heterocycles. The lowest BCUT2D eigenvalue weighted by Crippen LogP contribution is -2.35. The fraction of sp³-hybridized carbons (Fsp3) is 1.00. The average molecular weight is 222 g/mol. The molecule has 0 rings (SSSR count). The standard InChI is InChI=1S/C4H12N2.C3H10N2.C2H8N2/c1-3(5)4(2)6;1-3(5)2-4;3-1-2-4/h3-4H,5-6H2,1-2H3;3H,2,4-5H2,1H3;1-4H2. The summed E-state index contributed by atoms with van der Waals surface area (Å²) in [5.74, 6) is 0. The van der Waals surface area contributed by atoms with Gasteiger partial charge >= 0.3 is 0 Å². The van der Waals surface area contributed by atoms with Gasteiger partial charge in [0.1, 0.15) is 0 Å². The minimum atomic E-state index is 0.130. The highest BCUT2D eigenvalue weighted by Gasteiger charge is 1.96. The molecule has 6 nitrogen and oxygen atoms in total. The first-order valence-corrected chi connectivity index (χ1v) is 5.20. The Morgan fingerprint density at radius 2 is 0.933 bits per heavy atom. The Bertz CT molecular complexity index is 86.6. The van der Waals surface area contributed by atoms with Crippen LogP contribution in [0.5, 0.6) is 0 Å². The fourth-order valence-corrected chi connectivity index (χ4v) is 0. The van der Waals surface area contributed by atoms with Gasteiger partial charge in [0.25, 0.3) is 0 Å².